The summed E-state index contributed by atoms with van der Waals surface area (Å²) in [6.45, 7) is 3.16. The fourth-order valence-electron chi connectivity index (χ4n) is 3.40. The molecule has 1 saturated heterocycles. The summed E-state index contributed by atoms with van der Waals surface area (Å²) < 4.78 is 19.4. The van der Waals surface area contributed by atoms with Crippen LogP contribution in [0.25, 0.3) is 11.1 Å². The van der Waals surface area contributed by atoms with Crippen LogP contribution in [0, 0.1) is 12.7 Å². The molecule has 1 fully saturated rings. The van der Waals surface area contributed by atoms with Crippen molar-refractivity contribution < 1.29 is 13.9 Å². The van der Waals surface area contributed by atoms with Crippen molar-refractivity contribution in [2.24, 2.45) is 0 Å². The van der Waals surface area contributed by atoms with Crippen LogP contribution in [-0.2, 0) is 10.3 Å². The molecule has 4 rings (SSSR count). The normalized spacial score (nSPS) is 19.0. The highest BCUT2D eigenvalue weighted by Gasteiger charge is 2.52. The molecule has 0 atom stereocenters. The van der Waals surface area contributed by atoms with Gasteiger partial charge in [0.1, 0.15) is 5.82 Å². The molecule has 3 nitrogen and oxygen atoms in total. The molecule has 0 N–H and O–H groups in total. The number of benzene rings is 2. The molecule has 0 saturated carbocycles. The van der Waals surface area contributed by atoms with E-state index in [4.69, 9.17) is 4.74 Å². The van der Waals surface area contributed by atoms with Crippen LogP contribution < -0.4 is 0 Å². The van der Waals surface area contributed by atoms with Crippen LogP contribution in [0.4, 0.5) is 4.39 Å². The minimum Gasteiger partial charge on any atom is -0.448 e. The van der Waals surface area contributed by atoms with Gasteiger partial charge < -0.3 is 4.74 Å². The zero-order chi connectivity index (χ0) is 15.5. The molecule has 22 heavy (non-hydrogen) atoms. The van der Waals surface area contributed by atoms with Gasteiger partial charge in [-0.1, -0.05) is 18.2 Å². The smallest absolute Gasteiger partial charge is 0.339 e. The molecule has 0 bridgehead atoms. The van der Waals surface area contributed by atoms with E-state index < -0.39 is 5.60 Å². The lowest BCUT2D eigenvalue weighted by molar-refractivity contribution is -0.0942. The van der Waals surface area contributed by atoms with Crippen molar-refractivity contribution in [3.05, 3.63) is 58.9 Å². The maximum atomic E-state index is 13.8. The van der Waals surface area contributed by atoms with Gasteiger partial charge in [-0.15, -0.1) is 0 Å². The van der Waals surface area contributed by atoms with Gasteiger partial charge in [0.05, 0.1) is 5.56 Å². The third-order valence-corrected chi connectivity index (χ3v) is 4.57. The molecule has 4 heteroatoms. The third kappa shape index (κ3) is 1.80. The maximum Gasteiger partial charge on any atom is 0.339 e. The zero-order valence-electron chi connectivity index (χ0n) is 12.5. The second-order valence-corrected chi connectivity index (χ2v) is 6.28. The first-order valence-electron chi connectivity index (χ1n) is 7.31. The summed E-state index contributed by atoms with van der Waals surface area (Å²) in [6, 6.07) is 10.8. The molecule has 2 aromatic carbocycles. The number of aryl methyl sites for hydroxylation is 1. The van der Waals surface area contributed by atoms with Crippen molar-refractivity contribution in [2.75, 3.05) is 20.1 Å². The lowest BCUT2D eigenvalue weighted by Crippen LogP contribution is -2.57. The summed E-state index contributed by atoms with van der Waals surface area (Å²) in [5, 5.41) is 0. The monoisotopic (exact) mass is 297 g/mol. The van der Waals surface area contributed by atoms with Crippen molar-refractivity contribution in [2.45, 2.75) is 12.5 Å². The van der Waals surface area contributed by atoms with Crippen LogP contribution in [0.3, 0.4) is 0 Å². The largest absolute Gasteiger partial charge is 0.448 e. The number of carbonyl (C=O) groups excluding carboxylic acids is 1. The fourth-order valence-corrected chi connectivity index (χ4v) is 3.40. The second kappa shape index (κ2) is 4.40. The van der Waals surface area contributed by atoms with Crippen molar-refractivity contribution in [1.29, 1.82) is 0 Å². The van der Waals surface area contributed by atoms with Gasteiger partial charge in [-0.05, 0) is 48.9 Å². The Bertz CT molecular complexity index is 794. The fraction of sp³-hybridized carbons (Fsp3) is 0.278. The molecule has 2 aliphatic rings. The molecule has 0 unspecified atom stereocenters. The number of nitrogens with zero attached hydrogens (tertiary/aromatic N) is 1. The predicted molar refractivity (Wildman–Crippen MR) is 81.2 cm³/mol. The molecule has 2 aromatic rings. The average Bonchev–Trinajstić information content (AvgIpc) is 2.75. The van der Waals surface area contributed by atoms with E-state index in [1.54, 1.807) is 19.1 Å². The number of hydrogen-bond acceptors (Lipinski definition) is 3. The summed E-state index contributed by atoms with van der Waals surface area (Å²) in [5.74, 6) is -0.479. The van der Waals surface area contributed by atoms with E-state index >= 15 is 0 Å². The van der Waals surface area contributed by atoms with Crippen LogP contribution in [0.5, 0.6) is 0 Å². The highest BCUT2D eigenvalue weighted by atomic mass is 19.1. The van der Waals surface area contributed by atoms with Crippen LogP contribution in [0.1, 0.15) is 21.5 Å². The first kappa shape index (κ1) is 13.5. The molecule has 0 aromatic heterocycles. The molecular weight excluding hydrogens is 281 g/mol. The van der Waals surface area contributed by atoms with Crippen molar-refractivity contribution in [3.8, 4) is 11.1 Å². The Morgan fingerprint density at radius 1 is 1.14 bits per heavy atom. The van der Waals surface area contributed by atoms with Gasteiger partial charge in [0.15, 0.2) is 5.60 Å². The molecule has 2 heterocycles. The molecule has 0 radical (unpaired) electrons. The SMILES string of the molecule is Cc1ccc(-c2ccc3c(c2)C2(CN(C)C2)OC3=O)cc1F. The van der Waals surface area contributed by atoms with Crippen LogP contribution >= 0.6 is 0 Å². The summed E-state index contributed by atoms with van der Waals surface area (Å²) in [4.78, 5) is 14.1. The van der Waals surface area contributed by atoms with E-state index in [2.05, 4.69) is 4.90 Å². The van der Waals surface area contributed by atoms with E-state index in [-0.39, 0.29) is 11.8 Å². The zero-order valence-corrected chi connectivity index (χ0v) is 12.5. The van der Waals surface area contributed by atoms with Gasteiger partial charge in [0.25, 0.3) is 0 Å². The molecular formula is C18H16FNO2. The predicted octanol–water partition coefficient (Wildman–Crippen LogP) is 3.11. The highest BCUT2D eigenvalue weighted by molar-refractivity contribution is 5.96. The Hall–Kier alpha value is -2.20. The van der Waals surface area contributed by atoms with E-state index in [1.807, 2.05) is 25.2 Å². The van der Waals surface area contributed by atoms with E-state index in [9.17, 15) is 9.18 Å². The van der Waals surface area contributed by atoms with Gasteiger partial charge >= 0.3 is 5.97 Å². The minimum atomic E-state index is -0.513. The Kier molecular flexibility index (Phi) is 2.69. The number of fused-ring (bicyclic) bond motifs is 2. The number of ether oxygens (including phenoxy) is 1. The number of esters is 1. The number of halogens is 1. The minimum absolute atomic E-state index is 0.219. The Morgan fingerprint density at radius 2 is 1.82 bits per heavy atom. The lowest BCUT2D eigenvalue weighted by Gasteiger charge is -2.44. The average molecular weight is 297 g/mol. The molecule has 1 spiro atoms. The Morgan fingerprint density at radius 3 is 2.50 bits per heavy atom. The number of likely N-dealkylation sites (tertiary alicyclic amines) is 1. The van der Waals surface area contributed by atoms with Gasteiger partial charge in [0, 0.05) is 18.7 Å². The summed E-state index contributed by atoms with van der Waals surface area (Å²) in [5.41, 5.74) is 3.39. The van der Waals surface area contributed by atoms with E-state index in [0.717, 1.165) is 16.7 Å². The number of rotatable bonds is 1. The van der Waals surface area contributed by atoms with Gasteiger partial charge in [0.2, 0.25) is 0 Å². The maximum absolute atomic E-state index is 13.8. The highest BCUT2D eigenvalue weighted by Crippen LogP contribution is 2.44. The standard InChI is InChI=1S/C18H16FNO2/c1-11-3-4-13(8-16(11)19)12-5-6-14-15(7-12)18(22-17(14)21)9-20(2)10-18/h3-8H,9-10H2,1-2H3. The van der Waals surface area contributed by atoms with E-state index in [0.29, 0.717) is 24.2 Å². The van der Waals surface area contributed by atoms with E-state index in [1.165, 1.54) is 6.07 Å². The first-order chi connectivity index (χ1) is 10.5. The molecule has 0 amide bonds. The second-order valence-electron chi connectivity index (χ2n) is 6.28. The Balaban J connectivity index is 1.81. The number of carbonyl (C=O) groups is 1. The van der Waals surface area contributed by atoms with Crippen molar-refractivity contribution in [3.63, 3.8) is 0 Å². The van der Waals surface area contributed by atoms with Crippen molar-refractivity contribution in [1.82, 2.24) is 4.90 Å². The lowest BCUT2D eigenvalue weighted by atomic mass is 9.84. The third-order valence-electron chi connectivity index (χ3n) is 4.57. The summed E-state index contributed by atoms with van der Waals surface area (Å²) in [6.07, 6.45) is 0. The Labute approximate surface area is 128 Å². The molecule has 112 valence electrons. The van der Waals surface area contributed by atoms with Gasteiger partial charge in [-0.25, -0.2) is 9.18 Å². The van der Waals surface area contributed by atoms with Crippen LogP contribution in [0.2, 0.25) is 0 Å². The van der Waals surface area contributed by atoms with Gasteiger partial charge in [-0.2, -0.15) is 0 Å². The van der Waals surface area contributed by atoms with Gasteiger partial charge in [-0.3, -0.25) is 4.90 Å². The van der Waals surface area contributed by atoms with Crippen LogP contribution in [-0.4, -0.2) is 31.0 Å². The molecule has 0 aliphatic carbocycles. The number of hydrogen-bond donors (Lipinski definition) is 0. The quantitative estimate of drug-likeness (QED) is 0.758. The first-order valence-corrected chi connectivity index (χ1v) is 7.31. The molecule has 2 aliphatic heterocycles. The van der Waals surface area contributed by atoms with Crippen molar-refractivity contribution >= 4 is 5.97 Å². The summed E-state index contributed by atoms with van der Waals surface area (Å²) >= 11 is 0. The summed E-state index contributed by atoms with van der Waals surface area (Å²) in [7, 11) is 2.00. The topological polar surface area (TPSA) is 29.5 Å². The number of likely N-dealkylation sites (N-methyl/N-ethyl adjacent to an activating group) is 1. The van der Waals surface area contributed by atoms with Crippen LogP contribution in [0.15, 0.2) is 36.4 Å².